The monoisotopic (exact) mass is 349 g/mol. The van der Waals surface area contributed by atoms with E-state index in [4.69, 9.17) is 0 Å². The maximum Gasteiger partial charge on any atom is 0.223 e. The molecule has 0 aliphatic carbocycles. The number of aromatic nitrogens is 1. The number of rotatable bonds is 6. The normalized spacial score (nSPS) is 13.3. The Hall–Kier alpha value is -2.85. The molecule has 0 spiro atoms. The van der Waals surface area contributed by atoms with Crippen LogP contribution in [0.15, 0.2) is 77.7 Å². The molecular weight excluding hydrogens is 326 g/mol. The fourth-order valence-electron chi connectivity index (χ4n) is 3.11. The highest BCUT2D eigenvalue weighted by molar-refractivity contribution is 5.38. The van der Waals surface area contributed by atoms with Crippen LogP contribution in [-0.4, -0.2) is 20.9 Å². The van der Waals surface area contributed by atoms with Gasteiger partial charge in [-0.15, -0.1) is 0 Å². The average Bonchev–Trinajstić information content (AvgIpc) is 2.68. The smallest absolute Gasteiger partial charge is 0.223 e. The van der Waals surface area contributed by atoms with Gasteiger partial charge in [-0.2, -0.15) is 0 Å². The molecule has 3 rings (SSSR count). The van der Waals surface area contributed by atoms with Gasteiger partial charge >= 0.3 is 0 Å². The molecule has 4 nitrogen and oxygen atoms in total. The van der Waals surface area contributed by atoms with Gasteiger partial charge in [-0.1, -0.05) is 55.5 Å². The number of hydrogen-bond donors (Lipinski definition) is 2. The van der Waals surface area contributed by atoms with E-state index in [1.807, 2.05) is 67.6 Å². The number of para-hydroxylation sites is 1. The number of nitrogens with zero attached hydrogens (tertiary/aromatic N) is 1. The van der Waals surface area contributed by atoms with Gasteiger partial charge in [-0.3, -0.25) is 4.79 Å². The Morgan fingerprint density at radius 1 is 1.00 bits per heavy atom. The molecule has 2 N–H and O–H groups in total. The molecule has 3 aromatic rings. The first-order valence-electron chi connectivity index (χ1n) is 8.79. The van der Waals surface area contributed by atoms with E-state index in [0.29, 0.717) is 12.1 Å². The minimum atomic E-state index is -0.603. The second kappa shape index (κ2) is 8.02. The molecular formula is C22H23NO3. The number of hydrogen-bond acceptors (Lipinski definition) is 3. The first-order valence-corrected chi connectivity index (χ1v) is 8.79. The molecule has 2 unspecified atom stereocenters. The van der Waals surface area contributed by atoms with Crippen molar-refractivity contribution in [3.05, 3.63) is 94.4 Å². The molecule has 0 radical (unpaired) electrons. The molecule has 0 bridgehead atoms. The molecule has 26 heavy (non-hydrogen) atoms. The number of aryl methyl sites for hydroxylation is 1. The maximum atomic E-state index is 12.0. The van der Waals surface area contributed by atoms with E-state index in [1.54, 1.807) is 4.57 Å². The van der Waals surface area contributed by atoms with E-state index in [1.165, 1.54) is 17.8 Å². The van der Waals surface area contributed by atoms with Crippen molar-refractivity contribution in [2.75, 3.05) is 0 Å². The molecule has 0 saturated heterocycles. The summed E-state index contributed by atoms with van der Waals surface area (Å²) in [4.78, 5) is 12.0. The highest BCUT2D eigenvalue weighted by atomic mass is 16.3. The van der Waals surface area contributed by atoms with Crippen LogP contribution in [0.4, 0.5) is 0 Å². The summed E-state index contributed by atoms with van der Waals surface area (Å²) < 4.78 is 1.77. The Morgan fingerprint density at radius 2 is 1.62 bits per heavy atom. The molecule has 0 saturated carbocycles. The molecule has 2 atom stereocenters. The van der Waals surface area contributed by atoms with E-state index in [9.17, 15) is 15.0 Å². The molecule has 4 heteroatoms. The van der Waals surface area contributed by atoms with E-state index < -0.39 is 11.5 Å². The molecule has 0 fully saturated rings. The summed E-state index contributed by atoms with van der Waals surface area (Å²) in [5.74, 6) is -0.559. The van der Waals surface area contributed by atoms with Crippen molar-refractivity contribution in [1.82, 2.24) is 4.57 Å². The van der Waals surface area contributed by atoms with Crippen molar-refractivity contribution in [2.45, 2.75) is 31.8 Å². The van der Waals surface area contributed by atoms with E-state index in [-0.39, 0.29) is 11.7 Å². The summed E-state index contributed by atoms with van der Waals surface area (Å²) in [5, 5.41) is 20.5. The third-order valence-corrected chi connectivity index (χ3v) is 4.71. The zero-order valence-corrected chi connectivity index (χ0v) is 14.7. The quantitative estimate of drug-likeness (QED) is 0.714. The van der Waals surface area contributed by atoms with Crippen LogP contribution in [0.5, 0.6) is 5.75 Å². The number of benzene rings is 2. The molecule has 0 amide bonds. The molecule has 2 aromatic carbocycles. The molecule has 134 valence electrons. The van der Waals surface area contributed by atoms with E-state index in [0.717, 1.165) is 12.1 Å². The zero-order valence-electron chi connectivity index (χ0n) is 14.7. The maximum absolute atomic E-state index is 12.0. The third-order valence-electron chi connectivity index (χ3n) is 4.71. The third kappa shape index (κ3) is 4.03. The highest BCUT2D eigenvalue weighted by Crippen LogP contribution is 2.25. The van der Waals surface area contributed by atoms with E-state index >= 15 is 0 Å². The Bertz CT molecular complexity index is 904. The molecule has 0 aliphatic rings. The summed E-state index contributed by atoms with van der Waals surface area (Å²) in [6.45, 7) is 1.90. The summed E-state index contributed by atoms with van der Waals surface area (Å²) >= 11 is 0. The Labute approximate surface area is 153 Å². The van der Waals surface area contributed by atoms with Gasteiger partial charge in [0.2, 0.25) is 5.43 Å². The van der Waals surface area contributed by atoms with Gasteiger partial charge in [0.25, 0.3) is 0 Å². The fraction of sp³-hybridized carbons (Fsp3) is 0.227. The van der Waals surface area contributed by atoms with Gasteiger partial charge in [0, 0.05) is 23.4 Å². The SMILES string of the molecule is CC(c1cc(=O)c(O)cn1-c1ccccc1)C(O)CCc1ccccc1. The summed E-state index contributed by atoms with van der Waals surface area (Å²) in [7, 11) is 0. The van der Waals surface area contributed by atoms with Gasteiger partial charge in [-0.25, -0.2) is 0 Å². The van der Waals surface area contributed by atoms with Gasteiger partial charge in [0.1, 0.15) is 0 Å². The van der Waals surface area contributed by atoms with Crippen molar-refractivity contribution in [3.8, 4) is 11.4 Å². The lowest BCUT2D eigenvalue weighted by Gasteiger charge is -2.23. The lowest BCUT2D eigenvalue weighted by atomic mass is 9.94. The predicted molar refractivity (Wildman–Crippen MR) is 103 cm³/mol. The van der Waals surface area contributed by atoms with Crippen LogP contribution >= 0.6 is 0 Å². The van der Waals surface area contributed by atoms with Crippen molar-refractivity contribution < 1.29 is 10.2 Å². The van der Waals surface area contributed by atoms with Crippen molar-refractivity contribution in [3.63, 3.8) is 0 Å². The highest BCUT2D eigenvalue weighted by Gasteiger charge is 2.21. The standard InChI is InChI=1S/C22H23NO3/c1-16(20(24)13-12-17-8-4-2-5-9-17)19-14-21(25)22(26)15-23(19)18-10-6-3-7-11-18/h2-11,14-16,20,24,26H,12-13H2,1H3. The topological polar surface area (TPSA) is 62.5 Å². The summed E-state index contributed by atoms with van der Waals surface area (Å²) in [5.41, 5.74) is 2.25. The second-order valence-corrected chi connectivity index (χ2v) is 6.53. The number of aliphatic hydroxyl groups is 1. The molecule has 1 aromatic heterocycles. The van der Waals surface area contributed by atoms with E-state index in [2.05, 4.69) is 0 Å². The molecule has 0 aliphatic heterocycles. The van der Waals surface area contributed by atoms with Crippen LogP contribution < -0.4 is 5.43 Å². The van der Waals surface area contributed by atoms with Crippen LogP contribution in [0.2, 0.25) is 0 Å². The Kier molecular flexibility index (Phi) is 5.54. The van der Waals surface area contributed by atoms with Crippen molar-refractivity contribution in [2.24, 2.45) is 0 Å². The van der Waals surface area contributed by atoms with Gasteiger partial charge in [0.05, 0.1) is 12.3 Å². The van der Waals surface area contributed by atoms with Crippen LogP contribution in [0, 0.1) is 0 Å². The molecule has 1 heterocycles. The Morgan fingerprint density at radius 3 is 2.27 bits per heavy atom. The van der Waals surface area contributed by atoms with Gasteiger partial charge in [-0.05, 0) is 30.5 Å². The number of pyridine rings is 1. The van der Waals surface area contributed by atoms with Crippen LogP contribution in [0.3, 0.4) is 0 Å². The van der Waals surface area contributed by atoms with Crippen LogP contribution in [0.25, 0.3) is 5.69 Å². The zero-order chi connectivity index (χ0) is 18.5. The largest absolute Gasteiger partial charge is 0.503 e. The predicted octanol–water partition coefficient (Wildman–Crippen LogP) is 3.64. The summed E-state index contributed by atoms with van der Waals surface area (Å²) in [6, 6.07) is 20.9. The fourth-order valence-corrected chi connectivity index (χ4v) is 3.11. The Balaban J connectivity index is 1.87. The van der Waals surface area contributed by atoms with Crippen molar-refractivity contribution >= 4 is 0 Å². The minimum Gasteiger partial charge on any atom is -0.503 e. The number of aliphatic hydroxyl groups excluding tert-OH is 1. The lowest BCUT2D eigenvalue weighted by Crippen LogP contribution is -2.22. The first kappa shape index (κ1) is 18.0. The first-order chi connectivity index (χ1) is 12.6. The average molecular weight is 349 g/mol. The van der Waals surface area contributed by atoms with Crippen LogP contribution in [-0.2, 0) is 6.42 Å². The summed E-state index contributed by atoms with van der Waals surface area (Å²) in [6.07, 6.45) is 2.18. The van der Waals surface area contributed by atoms with Gasteiger partial charge in [0.15, 0.2) is 5.75 Å². The lowest BCUT2D eigenvalue weighted by molar-refractivity contribution is 0.137. The van der Waals surface area contributed by atoms with Gasteiger partial charge < -0.3 is 14.8 Å². The van der Waals surface area contributed by atoms with Crippen LogP contribution in [0.1, 0.15) is 30.5 Å². The second-order valence-electron chi connectivity index (χ2n) is 6.53. The number of aromatic hydroxyl groups is 1. The van der Waals surface area contributed by atoms with Crippen molar-refractivity contribution in [1.29, 1.82) is 0 Å². The minimum absolute atomic E-state index is 0.257.